The van der Waals surface area contributed by atoms with E-state index in [1.54, 1.807) is 12.1 Å². The number of aryl methyl sites for hydroxylation is 1. The second-order valence-electron chi connectivity index (χ2n) is 3.56. The standard InChI is InChI=1S/C11H13FN4/c12-8-4-1-3-7-9(5-2-6-13)15-11(14)16-10(7)8/h1,3-4H,2,5-6,13H2,(H2,14,15,16). The summed E-state index contributed by atoms with van der Waals surface area (Å²) < 4.78 is 13.5. The number of halogens is 1. The minimum absolute atomic E-state index is 0.102. The average Bonchev–Trinajstić information content (AvgIpc) is 2.27. The van der Waals surface area contributed by atoms with Crippen LogP contribution in [0.4, 0.5) is 10.3 Å². The molecule has 0 radical (unpaired) electrons. The number of hydrogen-bond donors (Lipinski definition) is 2. The number of fused-ring (bicyclic) bond motifs is 1. The van der Waals surface area contributed by atoms with Gasteiger partial charge in [-0.25, -0.2) is 14.4 Å². The van der Waals surface area contributed by atoms with Crippen molar-refractivity contribution in [2.75, 3.05) is 12.3 Å². The first-order chi connectivity index (χ1) is 7.72. The highest BCUT2D eigenvalue weighted by Crippen LogP contribution is 2.20. The van der Waals surface area contributed by atoms with Crippen LogP contribution in [0.15, 0.2) is 18.2 Å². The first kappa shape index (κ1) is 10.8. The zero-order valence-electron chi connectivity index (χ0n) is 8.78. The molecular weight excluding hydrogens is 207 g/mol. The second kappa shape index (κ2) is 4.40. The normalized spacial score (nSPS) is 10.9. The fourth-order valence-corrected chi connectivity index (χ4v) is 1.66. The Hall–Kier alpha value is -1.75. The van der Waals surface area contributed by atoms with Gasteiger partial charge in [-0.2, -0.15) is 0 Å². The number of anilines is 1. The third-order valence-corrected chi connectivity index (χ3v) is 2.39. The Morgan fingerprint density at radius 1 is 1.25 bits per heavy atom. The predicted octanol–water partition coefficient (Wildman–Crippen LogP) is 1.24. The van der Waals surface area contributed by atoms with Crippen LogP contribution in [0.1, 0.15) is 12.1 Å². The fraction of sp³-hybridized carbons (Fsp3) is 0.273. The molecule has 0 bridgehead atoms. The van der Waals surface area contributed by atoms with Gasteiger partial charge in [0.25, 0.3) is 0 Å². The van der Waals surface area contributed by atoms with Crippen LogP contribution in [0, 0.1) is 5.82 Å². The van der Waals surface area contributed by atoms with Gasteiger partial charge in [0, 0.05) is 5.39 Å². The molecule has 0 aliphatic heterocycles. The molecule has 0 saturated carbocycles. The predicted molar refractivity (Wildman–Crippen MR) is 61.3 cm³/mol. The van der Waals surface area contributed by atoms with Gasteiger partial charge >= 0.3 is 0 Å². The average molecular weight is 220 g/mol. The van der Waals surface area contributed by atoms with Crippen LogP contribution in [-0.4, -0.2) is 16.5 Å². The van der Waals surface area contributed by atoms with Gasteiger partial charge in [-0.05, 0) is 25.5 Å². The number of para-hydroxylation sites is 1. The summed E-state index contributed by atoms with van der Waals surface area (Å²) in [5, 5.41) is 0.711. The first-order valence-electron chi connectivity index (χ1n) is 5.13. The number of hydrogen-bond acceptors (Lipinski definition) is 4. The molecule has 4 nitrogen and oxygen atoms in total. The van der Waals surface area contributed by atoms with Gasteiger partial charge in [0.15, 0.2) is 0 Å². The summed E-state index contributed by atoms with van der Waals surface area (Å²) in [4.78, 5) is 8.03. The molecule has 0 spiro atoms. The van der Waals surface area contributed by atoms with Crippen LogP contribution in [0.2, 0.25) is 0 Å². The summed E-state index contributed by atoms with van der Waals surface area (Å²) in [7, 11) is 0. The van der Waals surface area contributed by atoms with Crippen LogP contribution >= 0.6 is 0 Å². The lowest BCUT2D eigenvalue weighted by Crippen LogP contribution is -2.05. The molecule has 1 aromatic heterocycles. The molecule has 4 N–H and O–H groups in total. The fourth-order valence-electron chi connectivity index (χ4n) is 1.66. The molecule has 0 fully saturated rings. The van der Waals surface area contributed by atoms with E-state index in [1.165, 1.54) is 6.07 Å². The molecule has 84 valence electrons. The molecule has 5 heteroatoms. The van der Waals surface area contributed by atoms with Crippen LogP contribution in [0.3, 0.4) is 0 Å². The van der Waals surface area contributed by atoms with E-state index in [9.17, 15) is 4.39 Å². The highest BCUT2D eigenvalue weighted by Gasteiger charge is 2.08. The van der Waals surface area contributed by atoms with Crippen molar-refractivity contribution in [3.8, 4) is 0 Å². The van der Waals surface area contributed by atoms with Crippen LogP contribution < -0.4 is 11.5 Å². The number of aromatic nitrogens is 2. The van der Waals surface area contributed by atoms with Crippen molar-refractivity contribution < 1.29 is 4.39 Å². The number of benzene rings is 1. The van der Waals surface area contributed by atoms with Crippen molar-refractivity contribution in [2.45, 2.75) is 12.8 Å². The number of nitrogens with zero attached hydrogens (tertiary/aromatic N) is 2. The van der Waals surface area contributed by atoms with E-state index in [0.717, 1.165) is 12.1 Å². The number of rotatable bonds is 3. The zero-order valence-corrected chi connectivity index (χ0v) is 8.78. The van der Waals surface area contributed by atoms with Crippen molar-refractivity contribution in [1.29, 1.82) is 0 Å². The Morgan fingerprint density at radius 3 is 2.81 bits per heavy atom. The van der Waals surface area contributed by atoms with E-state index in [4.69, 9.17) is 11.5 Å². The third-order valence-electron chi connectivity index (χ3n) is 2.39. The SMILES string of the molecule is NCCCc1nc(N)nc2c(F)cccc12. The topological polar surface area (TPSA) is 77.8 Å². The van der Waals surface area contributed by atoms with Crippen molar-refractivity contribution in [1.82, 2.24) is 9.97 Å². The lowest BCUT2D eigenvalue weighted by molar-refractivity contribution is 0.636. The van der Waals surface area contributed by atoms with Crippen molar-refractivity contribution >= 4 is 16.9 Å². The van der Waals surface area contributed by atoms with E-state index >= 15 is 0 Å². The summed E-state index contributed by atoms with van der Waals surface area (Å²) in [5.74, 6) is -0.273. The quantitative estimate of drug-likeness (QED) is 0.815. The van der Waals surface area contributed by atoms with Crippen LogP contribution in [0.5, 0.6) is 0 Å². The third kappa shape index (κ3) is 1.94. The van der Waals surface area contributed by atoms with E-state index < -0.39 is 0 Å². The number of nitrogen functional groups attached to an aromatic ring is 1. The summed E-state index contributed by atoms with van der Waals surface area (Å²) in [6, 6.07) is 4.80. The van der Waals surface area contributed by atoms with E-state index in [-0.39, 0.29) is 17.3 Å². The first-order valence-corrected chi connectivity index (χ1v) is 5.13. The molecule has 2 aromatic rings. The minimum Gasteiger partial charge on any atom is -0.368 e. The molecule has 0 aliphatic carbocycles. The van der Waals surface area contributed by atoms with Gasteiger partial charge in [0.2, 0.25) is 5.95 Å². The maximum atomic E-state index is 13.5. The summed E-state index contributed by atoms with van der Waals surface area (Å²) in [6.07, 6.45) is 1.48. The molecule has 1 aromatic carbocycles. The Kier molecular flexibility index (Phi) is 2.96. The monoisotopic (exact) mass is 220 g/mol. The maximum absolute atomic E-state index is 13.5. The van der Waals surface area contributed by atoms with Crippen LogP contribution in [0.25, 0.3) is 10.9 Å². The molecule has 2 rings (SSSR count). The summed E-state index contributed by atoms with van der Waals surface area (Å²) in [5.41, 5.74) is 12.0. The second-order valence-corrected chi connectivity index (χ2v) is 3.56. The van der Waals surface area contributed by atoms with Gasteiger partial charge in [0.1, 0.15) is 11.3 Å². The molecule has 0 amide bonds. The largest absolute Gasteiger partial charge is 0.368 e. The van der Waals surface area contributed by atoms with Gasteiger partial charge in [-0.15, -0.1) is 0 Å². The lowest BCUT2D eigenvalue weighted by Gasteiger charge is -2.06. The van der Waals surface area contributed by atoms with Gasteiger partial charge in [0.05, 0.1) is 5.69 Å². The summed E-state index contributed by atoms with van der Waals surface area (Å²) in [6.45, 7) is 0.570. The van der Waals surface area contributed by atoms with E-state index in [0.29, 0.717) is 18.4 Å². The van der Waals surface area contributed by atoms with Crippen molar-refractivity contribution in [3.05, 3.63) is 29.7 Å². The molecule has 0 saturated heterocycles. The Balaban J connectivity index is 2.59. The summed E-state index contributed by atoms with van der Waals surface area (Å²) >= 11 is 0. The minimum atomic E-state index is -0.374. The Bertz CT molecular complexity index is 513. The van der Waals surface area contributed by atoms with Gasteiger partial charge in [-0.3, -0.25) is 0 Å². The maximum Gasteiger partial charge on any atom is 0.220 e. The molecule has 1 heterocycles. The highest BCUT2D eigenvalue weighted by molar-refractivity contribution is 5.82. The lowest BCUT2D eigenvalue weighted by atomic mass is 10.1. The highest BCUT2D eigenvalue weighted by atomic mass is 19.1. The molecule has 0 aliphatic rings. The molecule has 0 atom stereocenters. The van der Waals surface area contributed by atoms with Crippen molar-refractivity contribution in [3.63, 3.8) is 0 Å². The van der Waals surface area contributed by atoms with E-state index in [1.807, 2.05) is 0 Å². The van der Waals surface area contributed by atoms with Gasteiger partial charge in [-0.1, -0.05) is 12.1 Å². The van der Waals surface area contributed by atoms with E-state index in [2.05, 4.69) is 9.97 Å². The number of nitrogens with two attached hydrogens (primary N) is 2. The van der Waals surface area contributed by atoms with Crippen molar-refractivity contribution in [2.24, 2.45) is 5.73 Å². The molecule has 0 unspecified atom stereocenters. The zero-order chi connectivity index (χ0) is 11.5. The smallest absolute Gasteiger partial charge is 0.220 e. The van der Waals surface area contributed by atoms with Crippen LogP contribution in [-0.2, 0) is 6.42 Å². The van der Waals surface area contributed by atoms with Gasteiger partial charge < -0.3 is 11.5 Å². The Labute approximate surface area is 92.5 Å². The molecular formula is C11H13FN4. The Morgan fingerprint density at radius 2 is 2.06 bits per heavy atom. The molecule has 16 heavy (non-hydrogen) atoms.